The minimum absolute atomic E-state index is 0.362. The van der Waals surface area contributed by atoms with Crippen LogP contribution in [0.3, 0.4) is 0 Å². The van der Waals surface area contributed by atoms with Crippen LogP contribution in [-0.2, 0) is 0 Å². The molecule has 0 radical (unpaired) electrons. The number of nitrogens with two attached hydrogens (primary N) is 2. The Morgan fingerprint density at radius 3 is 2.35 bits per heavy atom. The van der Waals surface area contributed by atoms with Crippen LogP contribution >= 0.6 is 0 Å². The Bertz CT molecular complexity index is 576. The normalized spacial score (nSPS) is 10.2. The van der Waals surface area contributed by atoms with Crippen LogP contribution in [0.5, 0.6) is 0 Å². The standard InChI is InChI=1S/C14H14N2O/c1-9-3-2-4-10(7-9)11-5-6-12(14(16)17)13(15)8-11/h2-8H,15H2,1H3,(H2,16,17). The van der Waals surface area contributed by atoms with Crippen molar-refractivity contribution in [1.29, 1.82) is 0 Å². The van der Waals surface area contributed by atoms with Crippen molar-refractivity contribution < 1.29 is 4.79 Å². The Hall–Kier alpha value is -2.29. The largest absolute Gasteiger partial charge is 0.398 e. The average molecular weight is 226 g/mol. The van der Waals surface area contributed by atoms with E-state index in [0.717, 1.165) is 11.1 Å². The molecular formula is C14H14N2O. The number of anilines is 1. The second-order valence-electron chi connectivity index (χ2n) is 4.04. The number of primary amides is 1. The number of amides is 1. The molecule has 0 aliphatic rings. The van der Waals surface area contributed by atoms with Crippen molar-refractivity contribution in [2.45, 2.75) is 6.92 Å². The van der Waals surface area contributed by atoms with Crippen molar-refractivity contribution in [3.63, 3.8) is 0 Å². The van der Waals surface area contributed by atoms with Crippen LogP contribution in [-0.4, -0.2) is 5.91 Å². The van der Waals surface area contributed by atoms with Gasteiger partial charge in [-0.05, 0) is 30.2 Å². The van der Waals surface area contributed by atoms with E-state index in [2.05, 4.69) is 6.07 Å². The third-order valence-corrected chi connectivity index (χ3v) is 2.67. The number of nitrogen functional groups attached to an aromatic ring is 1. The first kappa shape index (κ1) is 11.2. The maximum Gasteiger partial charge on any atom is 0.250 e. The number of rotatable bonds is 2. The molecule has 2 rings (SSSR count). The summed E-state index contributed by atoms with van der Waals surface area (Å²) >= 11 is 0. The molecule has 3 nitrogen and oxygen atoms in total. The number of hydrogen-bond donors (Lipinski definition) is 2. The quantitative estimate of drug-likeness (QED) is 0.772. The Labute approximate surface area is 100 Å². The predicted molar refractivity (Wildman–Crippen MR) is 69.5 cm³/mol. The molecule has 0 aromatic heterocycles. The van der Waals surface area contributed by atoms with Gasteiger partial charge in [0.05, 0.1) is 5.56 Å². The summed E-state index contributed by atoms with van der Waals surface area (Å²) in [5.41, 5.74) is 15.0. The van der Waals surface area contributed by atoms with Gasteiger partial charge in [0.25, 0.3) is 5.91 Å². The fraction of sp³-hybridized carbons (Fsp3) is 0.0714. The van der Waals surface area contributed by atoms with Gasteiger partial charge in [-0.3, -0.25) is 4.79 Å². The summed E-state index contributed by atoms with van der Waals surface area (Å²) in [6, 6.07) is 13.4. The molecule has 0 aliphatic carbocycles. The Morgan fingerprint density at radius 1 is 1.06 bits per heavy atom. The number of hydrogen-bond acceptors (Lipinski definition) is 2. The molecule has 4 N–H and O–H groups in total. The van der Waals surface area contributed by atoms with Gasteiger partial charge in [-0.1, -0.05) is 35.9 Å². The van der Waals surface area contributed by atoms with Crippen LogP contribution in [0, 0.1) is 6.92 Å². The zero-order valence-corrected chi connectivity index (χ0v) is 9.60. The zero-order chi connectivity index (χ0) is 12.4. The summed E-state index contributed by atoms with van der Waals surface area (Å²) in [4.78, 5) is 11.1. The Morgan fingerprint density at radius 2 is 1.76 bits per heavy atom. The molecule has 0 spiro atoms. The predicted octanol–water partition coefficient (Wildman–Crippen LogP) is 2.34. The highest BCUT2D eigenvalue weighted by molar-refractivity contribution is 5.98. The molecule has 17 heavy (non-hydrogen) atoms. The van der Waals surface area contributed by atoms with Gasteiger partial charge >= 0.3 is 0 Å². The molecular weight excluding hydrogens is 212 g/mol. The van der Waals surface area contributed by atoms with E-state index in [1.54, 1.807) is 12.1 Å². The van der Waals surface area contributed by atoms with E-state index < -0.39 is 5.91 Å². The van der Waals surface area contributed by atoms with Gasteiger partial charge in [-0.25, -0.2) is 0 Å². The number of carbonyl (C=O) groups is 1. The van der Waals surface area contributed by atoms with E-state index in [4.69, 9.17) is 11.5 Å². The first-order chi connectivity index (χ1) is 8.08. The third-order valence-electron chi connectivity index (χ3n) is 2.67. The van der Waals surface area contributed by atoms with E-state index in [1.807, 2.05) is 31.2 Å². The first-order valence-corrected chi connectivity index (χ1v) is 5.34. The van der Waals surface area contributed by atoms with Gasteiger partial charge in [-0.15, -0.1) is 0 Å². The molecule has 0 saturated heterocycles. The summed E-state index contributed by atoms with van der Waals surface area (Å²) in [5.74, 6) is -0.502. The first-order valence-electron chi connectivity index (χ1n) is 5.34. The molecule has 1 amide bonds. The molecule has 0 bridgehead atoms. The van der Waals surface area contributed by atoms with Crippen molar-refractivity contribution in [1.82, 2.24) is 0 Å². The molecule has 0 saturated carbocycles. The summed E-state index contributed by atoms with van der Waals surface area (Å²) in [5, 5.41) is 0. The lowest BCUT2D eigenvalue weighted by Gasteiger charge is -2.06. The van der Waals surface area contributed by atoms with Gasteiger partial charge in [0.2, 0.25) is 0 Å². The third kappa shape index (κ3) is 2.28. The summed E-state index contributed by atoms with van der Waals surface area (Å²) in [7, 11) is 0. The molecule has 0 unspecified atom stereocenters. The summed E-state index contributed by atoms with van der Waals surface area (Å²) in [6.45, 7) is 2.03. The maximum absolute atomic E-state index is 11.1. The molecule has 0 heterocycles. The number of aryl methyl sites for hydroxylation is 1. The summed E-state index contributed by atoms with van der Waals surface area (Å²) in [6.07, 6.45) is 0. The van der Waals surface area contributed by atoms with Crippen molar-refractivity contribution >= 4 is 11.6 Å². The Kier molecular flexibility index (Phi) is 2.83. The van der Waals surface area contributed by atoms with Crippen molar-refractivity contribution in [3.05, 3.63) is 53.6 Å². The van der Waals surface area contributed by atoms with Crippen LogP contribution in [0.25, 0.3) is 11.1 Å². The van der Waals surface area contributed by atoms with Crippen LogP contribution in [0.15, 0.2) is 42.5 Å². The van der Waals surface area contributed by atoms with Gasteiger partial charge < -0.3 is 11.5 Å². The monoisotopic (exact) mass is 226 g/mol. The fourth-order valence-electron chi connectivity index (χ4n) is 1.79. The van der Waals surface area contributed by atoms with E-state index >= 15 is 0 Å². The van der Waals surface area contributed by atoms with E-state index in [1.165, 1.54) is 5.56 Å². The lowest BCUT2D eigenvalue weighted by Crippen LogP contribution is -2.13. The lowest BCUT2D eigenvalue weighted by molar-refractivity contribution is 0.100. The minimum Gasteiger partial charge on any atom is -0.398 e. The van der Waals surface area contributed by atoms with Crippen molar-refractivity contribution in [3.8, 4) is 11.1 Å². The molecule has 86 valence electrons. The highest BCUT2D eigenvalue weighted by Gasteiger charge is 2.07. The highest BCUT2D eigenvalue weighted by Crippen LogP contribution is 2.24. The van der Waals surface area contributed by atoms with Crippen molar-refractivity contribution in [2.24, 2.45) is 5.73 Å². The molecule has 2 aromatic rings. The lowest BCUT2D eigenvalue weighted by atomic mass is 10.0. The highest BCUT2D eigenvalue weighted by atomic mass is 16.1. The van der Waals surface area contributed by atoms with E-state index in [9.17, 15) is 4.79 Å². The second-order valence-corrected chi connectivity index (χ2v) is 4.04. The van der Waals surface area contributed by atoms with E-state index in [0.29, 0.717) is 11.3 Å². The van der Waals surface area contributed by atoms with E-state index in [-0.39, 0.29) is 0 Å². The zero-order valence-electron chi connectivity index (χ0n) is 9.60. The fourth-order valence-corrected chi connectivity index (χ4v) is 1.79. The molecule has 0 atom stereocenters. The average Bonchev–Trinajstić information content (AvgIpc) is 2.28. The molecule has 3 heteroatoms. The molecule has 0 fully saturated rings. The topological polar surface area (TPSA) is 69.1 Å². The van der Waals surface area contributed by atoms with Crippen LogP contribution in [0.2, 0.25) is 0 Å². The molecule has 0 aliphatic heterocycles. The van der Waals surface area contributed by atoms with Crippen molar-refractivity contribution in [2.75, 3.05) is 5.73 Å². The van der Waals surface area contributed by atoms with Gasteiger partial charge in [0.1, 0.15) is 0 Å². The van der Waals surface area contributed by atoms with Crippen LogP contribution in [0.4, 0.5) is 5.69 Å². The molecule has 2 aromatic carbocycles. The van der Waals surface area contributed by atoms with Crippen LogP contribution in [0.1, 0.15) is 15.9 Å². The number of carbonyl (C=O) groups excluding carboxylic acids is 1. The Balaban J connectivity index is 2.48. The van der Waals surface area contributed by atoms with Gasteiger partial charge in [0, 0.05) is 5.69 Å². The van der Waals surface area contributed by atoms with Gasteiger partial charge in [-0.2, -0.15) is 0 Å². The summed E-state index contributed by atoms with van der Waals surface area (Å²) < 4.78 is 0. The van der Waals surface area contributed by atoms with Gasteiger partial charge in [0.15, 0.2) is 0 Å². The SMILES string of the molecule is Cc1cccc(-c2ccc(C(N)=O)c(N)c2)c1. The number of benzene rings is 2. The smallest absolute Gasteiger partial charge is 0.250 e. The second kappa shape index (κ2) is 4.29. The minimum atomic E-state index is -0.502. The maximum atomic E-state index is 11.1. The van der Waals surface area contributed by atoms with Crippen LogP contribution < -0.4 is 11.5 Å².